The molecule has 130 valence electrons. The summed E-state index contributed by atoms with van der Waals surface area (Å²) in [6, 6.07) is 9.53. The molecule has 0 aliphatic rings. The van der Waals surface area contributed by atoms with Gasteiger partial charge in [0.1, 0.15) is 5.69 Å². The maximum absolute atomic E-state index is 11.2. The van der Waals surface area contributed by atoms with Crippen LogP contribution in [0.15, 0.2) is 34.7 Å². The lowest BCUT2D eigenvalue weighted by Gasteiger charge is -2.00. The van der Waals surface area contributed by atoms with Gasteiger partial charge in [0.15, 0.2) is 0 Å². The molecule has 0 bridgehead atoms. The minimum Gasteiger partial charge on any atom is -0.475 e. The first kappa shape index (κ1) is 15.7. The van der Waals surface area contributed by atoms with Crippen LogP contribution >= 0.6 is 0 Å². The SMILES string of the molecule is COc1n[nH]c(-c2nnc(-c3ccc4cc(C)ccc4n3)o2)c1[N+](=O)[O-]. The number of nitro groups is 1. The molecule has 4 rings (SSSR count). The van der Waals surface area contributed by atoms with Crippen molar-refractivity contribution in [1.82, 2.24) is 25.4 Å². The predicted molar refractivity (Wildman–Crippen MR) is 90.6 cm³/mol. The zero-order chi connectivity index (χ0) is 18.3. The van der Waals surface area contributed by atoms with Crippen molar-refractivity contribution in [2.24, 2.45) is 0 Å². The highest BCUT2D eigenvalue weighted by atomic mass is 16.6. The third-order valence-electron chi connectivity index (χ3n) is 3.79. The molecule has 10 heteroatoms. The molecule has 0 aliphatic carbocycles. The third-order valence-corrected chi connectivity index (χ3v) is 3.79. The number of nitrogens with zero attached hydrogens (tertiary/aromatic N) is 5. The van der Waals surface area contributed by atoms with Crippen molar-refractivity contribution in [2.45, 2.75) is 6.92 Å². The number of rotatable bonds is 4. The van der Waals surface area contributed by atoms with Gasteiger partial charge in [0, 0.05) is 5.39 Å². The van der Waals surface area contributed by atoms with E-state index in [9.17, 15) is 10.1 Å². The van der Waals surface area contributed by atoms with E-state index in [0.717, 1.165) is 16.5 Å². The molecule has 4 aromatic rings. The van der Waals surface area contributed by atoms with Crippen LogP contribution in [0.3, 0.4) is 0 Å². The first-order valence-electron chi connectivity index (χ1n) is 7.55. The zero-order valence-corrected chi connectivity index (χ0v) is 13.8. The summed E-state index contributed by atoms with van der Waals surface area (Å²) in [5.41, 5.74) is 1.98. The number of aryl methyl sites for hydroxylation is 1. The number of aromatic nitrogens is 5. The van der Waals surface area contributed by atoms with Gasteiger partial charge >= 0.3 is 11.6 Å². The number of hydrogen-bond donors (Lipinski definition) is 1. The Labute approximate surface area is 146 Å². The predicted octanol–water partition coefficient (Wildman–Crippen LogP) is 2.90. The van der Waals surface area contributed by atoms with Gasteiger partial charge in [-0.15, -0.1) is 15.3 Å². The molecule has 1 N–H and O–H groups in total. The lowest BCUT2D eigenvalue weighted by Crippen LogP contribution is -1.93. The Balaban J connectivity index is 1.76. The fourth-order valence-corrected chi connectivity index (χ4v) is 2.57. The van der Waals surface area contributed by atoms with Crippen LogP contribution in [0.4, 0.5) is 5.69 Å². The fraction of sp³-hybridized carbons (Fsp3) is 0.125. The molecule has 0 fully saturated rings. The summed E-state index contributed by atoms with van der Waals surface area (Å²) in [5, 5.41) is 26.3. The Morgan fingerprint density at radius 1 is 1.19 bits per heavy atom. The van der Waals surface area contributed by atoms with Gasteiger partial charge in [0.2, 0.25) is 5.69 Å². The average molecular weight is 352 g/mol. The Kier molecular flexibility index (Phi) is 3.57. The monoisotopic (exact) mass is 352 g/mol. The number of methoxy groups -OCH3 is 1. The van der Waals surface area contributed by atoms with E-state index in [-0.39, 0.29) is 29.0 Å². The summed E-state index contributed by atoms with van der Waals surface area (Å²) < 4.78 is 10.4. The number of nitrogens with one attached hydrogen (secondary N) is 1. The van der Waals surface area contributed by atoms with Crippen LogP contribution in [-0.2, 0) is 0 Å². The molecule has 26 heavy (non-hydrogen) atoms. The van der Waals surface area contributed by atoms with Gasteiger partial charge in [-0.2, -0.15) is 0 Å². The lowest BCUT2D eigenvalue weighted by atomic mass is 10.1. The normalized spacial score (nSPS) is 11.0. The van der Waals surface area contributed by atoms with Gasteiger partial charge in [0.05, 0.1) is 17.5 Å². The van der Waals surface area contributed by atoms with Crippen molar-refractivity contribution in [3.63, 3.8) is 0 Å². The number of benzene rings is 1. The van der Waals surface area contributed by atoms with Crippen LogP contribution < -0.4 is 4.74 Å². The van der Waals surface area contributed by atoms with Crippen molar-refractivity contribution in [3.8, 4) is 29.0 Å². The van der Waals surface area contributed by atoms with E-state index >= 15 is 0 Å². The van der Waals surface area contributed by atoms with Gasteiger partial charge in [-0.1, -0.05) is 17.7 Å². The number of H-pyrrole nitrogens is 1. The van der Waals surface area contributed by atoms with Gasteiger partial charge in [-0.05, 0) is 25.1 Å². The molecule has 1 aromatic carbocycles. The number of fused-ring (bicyclic) bond motifs is 1. The molecule has 0 unspecified atom stereocenters. The Hall–Kier alpha value is -3.82. The van der Waals surface area contributed by atoms with E-state index in [2.05, 4.69) is 25.4 Å². The zero-order valence-electron chi connectivity index (χ0n) is 13.8. The molecule has 0 spiro atoms. The van der Waals surface area contributed by atoms with Gasteiger partial charge in [-0.25, -0.2) is 4.98 Å². The molecule has 0 radical (unpaired) electrons. The standard InChI is InChI=1S/C16H12N6O4/c1-8-3-5-10-9(7-8)4-6-11(17-10)14-19-20-15(26-14)12-13(22(23)24)16(25-2)21-18-12/h3-7H,1-2H3,(H,18,21). The molecule has 3 aromatic heterocycles. The molecule has 3 heterocycles. The summed E-state index contributed by atoms with van der Waals surface area (Å²) in [6.07, 6.45) is 0. The summed E-state index contributed by atoms with van der Waals surface area (Å²) in [6.45, 7) is 2.00. The molecule has 0 saturated carbocycles. The molecule has 0 amide bonds. The Morgan fingerprint density at radius 2 is 2.00 bits per heavy atom. The molecular formula is C16H12N6O4. The van der Waals surface area contributed by atoms with Crippen molar-refractivity contribution >= 4 is 16.6 Å². The molecular weight excluding hydrogens is 340 g/mol. The Bertz CT molecular complexity index is 1130. The van der Waals surface area contributed by atoms with Crippen molar-refractivity contribution in [1.29, 1.82) is 0 Å². The average Bonchev–Trinajstić information content (AvgIpc) is 3.27. The van der Waals surface area contributed by atoms with Crippen molar-refractivity contribution < 1.29 is 14.1 Å². The van der Waals surface area contributed by atoms with Crippen molar-refractivity contribution in [2.75, 3.05) is 7.11 Å². The number of pyridine rings is 1. The van der Waals surface area contributed by atoms with Crippen LogP contribution in [0.2, 0.25) is 0 Å². The largest absolute Gasteiger partial charge is 0.475 e. The molecule has 0 atom stereocenters. The van der Waals surface area contributed by atoms with Gasteiger partial charge < -0.3 is 9.15 Å². The van der Waals surface area contributed by atoms with E-state index < -0.39 is 4.92 Å². The topological polar surface area (TPSA) is 133 Å². The highest BCUT2D eigenvalue weighted by Gasteiger charge is 2.30. The molecule has 0 saturated heterocycles. The molecule has 0 aliphatic heterocycles. The Morgan fingerprint density at radius 3 is 2.77 bits per heavy atom. The van der Waals surface area contributed by atoms with E-state index in [1.54, 1.807) is 6.07 Å². The minimum atomic E-state index is -0.627. The van der Waals surface area contributed by atoms with E-state index in [1.165, 1.54) is 7.11 Å². The van der Waals surface area contributed by atoms with E-state index in [1.807, 2.05) is 31.2 Å². The third kappa shape index (κ3) is 2.53. The lowest BCUT2D eigenvalue weighted by molar-refractivity contribution is -0.385. The van der Waals surface area contributed by atoms with Crippen LogP contribution in [0.25, 0.3) is 34.1 Å². The second kappa shape index (κ2) is 5.92. The van der Waals surface area contributed by atoms with Crippen LogP contribution in [0, 0.1) is 17.0 Å². The summed E-state index contributed by atoms with van der Waals surface area (Å²) >= 11 is 0. The maximum Gasteiger partial charge on any atom is 0.362 e. The van der Waals surface area contributed by atoms with Gasteiger partial charge in [0.25, 0.3) is 11.8 Å². The van der Waals surface area contributed by atoms with E-state index in [0.29, 0.717) is 5.69 Å². The fourth-order valence-electron chi connectivity index (χ4n) is 2.57. The van der Waals surface area contributed by atoms with Crippen LogP contribution in [0.1, 0.15) is 5.56 Å². The van der Waals surface area contributed by atoms with E-state index in [4.69, 9.17) is 9.15 Å². The van der Waals surface area contributed by atoms with Crippen LogP contribution in [-0.4, -0.2) is 37.4 Å². The summed E-state index contributed by atoms with van der Waals surface area (Å²) in [5.74, 6) is -0.0948. The first-order chi connectivity index (χ1) is 12.6. The highest BCUT2D eigenvalue weighted by Crippen LogP contribution is 2.35. The first-order valence-corrected chi connectivity index (χ1v) is 7.55. The second-order valence-electron chi connectivity index (χ2n) is 5.52. The number of aromatic amines is 1. The number of hydrogen-bond acceptors (Lipinski definition) is 8. The summed E-state index contributed by atoms with van der Waals surface area (Å²) in [7, 11) is 1.28. The minimum absolute atomic E-state index is 0.0259. The molecule has 10 nitrogen and oxygen atoms in total. The van der Waals surface area contributed by atoms with Crippen molar-refractivity contribution in [3.05, 3.63) is 46.0 Å². The number of ether oxygens (including phenoxy) is 1. The summed E-state index contributed by atoms with van der Waals surface area (Å²) in [4.78, 5) is 15.1. The second-order valence-corrected chi connectivity index (χ2v) is 5.52. The van der Waals surface area contributed by atoms with Crippen LogP contribution in [0.5, 0.6) is 5.88 Å². The van der Waals surface area contributed by atoms with Gasteiger partial charge in [-0.3, -0.25) is 15.2 Å². The maximum atomic E-state index is 11.2. The smallest absolute Gasteiger partial charge is 0.362 e. The highest BCUT2D eigenvalue weighted by molar-refractivity contribution is 5.81. The quantitative estimate of drug-likeness (QED) is 0.438.